The van der Waals surface area contributed by atoms with Gasteiger partial charge in [0.25, 0.3) is 0 Å². The number of ether oxygens (including phenoxy) is 8. The van der Waals surface area contributed by atoms with Crippen molar-refractivity contribution >= 4 is 53.9 Å². The molecular weight excluding hydrogens is 584 g/mol. The van der Waals surface area contributed by atoms with E-state index < -0.39 is 0 Å². The maximum Gasteiger partial charge on any atom is 0.189 e. The Kier molecular flexibility index (Phi) is 6.97. The second-order valence-corrected chi connectivity index (χ2v) is 12.1. The zero-order valence-electron chi connectivity index (χ0n) is 25.6. The van der Waals surface area contributed by atoms with E-state index in [9.17, 15) is 0 Å². The molecule has 6 aromatic carbocycles. The molecule has 46 heavy (non-hydrogen) atoms. The van der Waals surface area contributed by atoms with Crippen molar-refractivity contribution < 1.29 is 37.9 Å². The first kappa shape index (κ1) is 27.9. The fourth-order valence-corrected chi connectivity index (χ4v) is 6.30. The van der Waals surface area contributed by atoms with Gasteiger partial charge >= 0.3 is 0 Å². The van der Waals surface area contributed by atoms with Gasteiger partial charge in [-0.25, -0.2) is 0 Å². The molecule has 0 saturated carbocycles. The summed E-state index contributed by atoms with van der Waals surface area (Å²) >= 11 is 0. The lowest BCUT2D eigenvalue weighted by atomic mass is 9.87. The van der Waals surface area contributed by atoms with E-state index in [-0.39, 0.29) is 25.1 Å². The van der Waals surface area contributed by atoms with Gasteiger partial charge in [0.1, 0.15) is 61.1 Å². The van der Waals surface area contributed by atoms with Crippen LogP contribution in [0.15, 0.2) is 72.8 Å². The summed E-state index contributed by atoms with van der Waals surface area (Å²) in [4.78, 5) is 0. The third-order valence-electron chi connectivity index (χ3n) is 8.90. The smallest absolute Gasteiger partial charge is 0.189 e. The summed E-state index contributed by atoms with van der Waals surface area (Å²) in [5, 5.41) is 11.3. The second-order valence-electron chi connectivity index (χ2n) is 12.1. The number of fused-ring (bicyclic) bond motifs is 11. The van der Waals surface area contributed by atoms with Crippen LogP contribution in [-0.4, -0.2) is 71.4 Å². The summed E-state index contributed by atoms with van der Waals surface area (Å²) < 4.78 is 46.2. The van der Waals surface area contributed by atoms with Crippen LogP contribution in [0.1, 0.15) is 6.92 Å². The van der Waals surface area contributed by atoms with Gasteiger partial charge in [-0.15, -0.1) is 0 Å². The van der Waals surface area contributed by atoms with E-state index in [1.165, 1.54) is 10.8 Å². The van der Waals surface area contributed by atoms with E-state index in [0.29, 0.717) is 26.4 Å². The molecule has 0 bridgehead atoms. The first-order chi connectivity index (χ1) is 22.7. The first-order valence-corrected chi connectivity index (χ1v) is 16.0. The minimum absolute atomic E-state index is 0.173. The zero-order valence-corrected chi connectivity index (χ0v) is 25.6. The summed E-state index contributed by atoms with van der Waals surface area (Å²) in [7, 11) is 0. The molecular formula is C38H34O8. The summed E-state index contributed by atoms with van der Waals surface area (Å²) in [6.45, 7) is 6.63. The van der Waals surface area contributed by atoms with Crippen LogP contribution >= 0.6 is 0 Å². The van der Waals surface area contributed by atoms with Crippen molar-refractivity contribution in [1.82, 2.24) is 0 Å². The largest absolute Gasteiger partial charge is 0.491 e. The van der Waals surface area contributed by atoms with Crippen LogP contribution in [0.4, 0.5) is 0 Å². The zero-order chi connectivity index (χ0) is 30.6. The minimum atomic E-state index is 0.173. The quantitative estimate of drug-likeness (QED) is 0.0584. The molecule has 0 aromatic heterocycles. The van der Waals surface area contributed by atoms with Gasteiger partial charge < -0.3 is 37.9 Å². The molecule has 0 aliphatic carbocycles. The SMILES string of the molecule is CCOCOc1ccc2c(c1)c1cc(OCC3CO3)ccc1c1c3ccc(OCC4CO4)cc3c3cc(OCC4CO4)ccc3c21. The third-order valence-corrected chi connectivity index (χ3v) is 8.90. The maximum atomic E-state index is 6.17. The monoisotopic (exact) mass is 618 g/mol. The Balaban J connectivity index is 1.30. The highest BCUT2D eigenvalue weighted by Gasteiger charge is 2.25. The normalized spacial score (nSPS) is 20.1. The third kappa shape index (κ3) is 5.41. The van der Waals surface area contributed by atoms with Crippen LogP contribution in [0.25, 0.3) is 53.9 Å². The van der Waals surface area contributed by atoms with E-state index in [1.54, 1.807) is 0 Å². The molecule has 6 aromatic rings. The molecule has 0 spiro atoms. The van der Waals surface area contributed by atoms with Crippen molar-refractivity contribution in [3.63, 3.8) is 0 Å². The van der Waals surface area contributed by atoms with Gasteiger partial charge in [-0.2, -0.15) is 0 Å². The molecule has 0 radical (unpaired) electrons. The molecule has 9 rings (SSSR count). The molecule has 3 atom stereocenters. The van der Waals surface area contributed by atoms with Gasteiger partial charge in [0.05, 0.1) is 19.8 Å². The van der Waals surface area contributed by atoms with E-state index in [2.05, 4.69) is 66.7 Å². The highest BCUT2D eigenvalue weighted by Crippen LogP contribution is 2.46. The topological polar surface area (TPSA) is 83.7 Å². The van der Waals surface area contributed by atoms with Crippen molar-refractivity contribution in [2.75, 3.05) is 53.0 Å². The number of hydrogen-bond acceptors (Lipinski definition) is 8. The van der Waals surface area contributed by atoms with Crippen LogP contribution in [0.5, 0.6) is 23.0 Å². The molecule has 234 valence electrons. The predicted octanol–water partition coefficient (Wildman–Crippen LogP) is 7.16. The van der Waals surface area contributed by atoms with E-state index >= 15 is 0 Å². The molecule has 3 fully saturated rings. The number of rotatable bonds is 13. The molecule has 3 saturated heterocycles. The molecule has 0 N–H and O–H groups in total. The van der Waals surface area contributed by atoms with Gasteiger partial charge in [0.15, 0.2) is 6.79 Å². The fourth-order valence-electron chi connectivity index (χ4n) is 6.30. The lowest BCUT2D eigenvalue weighted by Crippen LogP contribution is -2.04. The molecule has 8 heteroatoms. The van der Waals surface area contributed by atoms with Crippen LogP contribution in [0, 0.1) is 0 Å². The predicted molar refractivity (Wildman–Crippen MR) is 177 cm³/mol. The lowest BCUT2D eigenvalue weighted by Gasteiger charge is -2.19. The van der Waals surface area contributed by atoms with Gasteiger partial charge in [-0.05, 0) is 109 Å². The van der Waals surface area contributed by atoms with Crippen molar-refractivity contribution in [1.29, 1.82) is 0 Å². The summed E-state index contributed by atoms with van der Waals surface area (Å²) in [5.41, 5.74) is 0. The van der Waals surface area contributed by atoms with Gasteiger partial charge in [0.2, 0.25) is 0 Å². The van der Waals surface area contributed by atoms with E-state index in [0.717, 1.165) is 85.9 Å². The Morgan fingerprint density at radius 2 is 0.804 bits per heavy atom. The fraction of sp³-hybridized carbons (Fsp3) is 0.316. The van der Waals surface area contributed by atoms with E-state index in [1.807, 2.05) is 13.0 Å². The van der Waals surface area contributed by atoms with Crippen molar-refractivity contribution in [3.8, 4) is 23.0 Å². The summed E-state index contributed by atoms with van der Waals surface area (Å²) in [6.07, 6.45) is 0.523. The Bertz CT molecular complexity index is 2110. The first-order valence-electron chi connectivity index (χ1n) is 16.0. The van der Waals surface area contributed by atoms with Crippen molar-refractivity contribution in [2.45, 2.75) is 25.2 Å². The molecule has 8 nitrogen and oxygen atoms in total. The molecule has 3 heterocycles. The Hall–Kier alpha value is -4.34. The summed E-state index contributed by atoms with van der Waals surface area (Å²) in [6, 6.07) is 25.5. The molecule has 3 unspecified atom stereocenters. The lowest BCUT2D eigenvalue weighted by molar-refractivity contribution is 0.0225. The Morgan fingerprint density at radius 1 is 0.478 bits per heavy atom. The standard InChI is InChI=1S/C38H34O8/c1-2-39-21-46-25-6-10-32-36(14-25)35-13-24(42-17-28-20-45-28)5-9-31(35)37-29-7-3-22(40-15-26-18-43-26)11-33(29)34-12-23(41-16-27-19-44-27)4-8-30(34)38(32)37/h3-14,26-28H,2,15-21H2,1H3. The Labute approximate surface area is 265 Å². The average Bonchev–Trinajstić information content (AvgIpc) is 3.94. The number of hydrogen-bond donors (Lipinski definition) is 0. The number of epoxide rings is 3. The number of benzene rings is 6. The second kappa shape index (κ2) is 11.5. The van der Waals surface area contributed by atoms with Crippen molar-refractivity contribution in [3.05, 3.63) is 72.8 Å². The van der Waals surface area contributed by atoms with Crippen LogP contribution < -0.4 is 18.9 Å². The molecule has 0 amide bonds. The van der Waals surface area contributed by atoms with Gasteiger partial charge in [0, 0.05) is 6.61 Å². The van der Waals surface area contributed by atoms with Gasteiger partial charge in [-0.3, -0.25) is 0 Å². The molecule has 3 aliphatic rings. The van der Waals surface area contributed by atoms with Crippen LogP contribution in [0.2, 0.25) is 0 Å². The average molecular weight is 619 g/mol. The molecule has 3 aliphatic heterocycles. The minimum Gasteiger partial charge on any atom is -0.491 e. The van der Waals surface area contributed by atoms with Crippen LogP contribution in [-0.2, 0) is 18.9 Å². The van der Waals surface area contributed by atoms with Crippen molar-refractivity contribution in [2.24, 2.45) is 0 Å². The summed E-state index contributed by atoms with van der Waals surface area (Å²) in [5.74, 6) is 3.21. The van der Waals surface area contributed by atoms with E-state index in [4.69, 9.17) is 37.9 Å². The highest BCUT2D eigenvalue weighted by atomic mass is 16.7. The highest BCUT2D eigenvalue weighted by molar-refractivity contribution is 6.39. The van der Waals surface area contributed by atoms with Crippen LogP contribution in [0.3, 0.4) is 0 Å². The maximum absolute atomic E-state index is 6.17. The van der Waals surface area contributed by atoms with Gasteiger partial charge in [-0.1, -0.05) is 24.3 Å². The Morgan fingerprint density at radius 3 is 1.11 bits per heavy atom.